The Morgan fingerprint density at radius 1 is 0.619 bits per heavy atom. The molecule has 120 valence electrons. The van der Waals surface area contributed by atoms with Gasteiger partial charge in [0.25, 0.3) is 0 Å². The minimum Gasteiger partial charge on any atom is -0.392 e. The van der Waals surface area contributed by atoms with Gasteiger partial charge < -0.3 is 5.11 Å². The highest BCUT2D eigenvalue weighted by Gasteiger charge is 1.93. The van der Waals surface area contributed by atoms with Gasteiger partial charge in [-0.3, -0.25) is 0 Å². The molecule has 0 atom stereocenters. The summed E-state index contributed by atoms with van der Waals surface area (Å²) in [7, 11) is 0. The van der Waals surface area contributed by atoms with E-state index in [0.29, 0.717) is 0 Å². The predicted molar refractivity (Wildman–Crippen MR) is 95.5 cm³/mol. The summed E-state index contributed by atoms with van der Waals surface area (Å²) in [4.78, 5) is 0. The molecule has 0 aromatic heterocycles. The first-order valence-electron chi connectivity index (χ1n) is 8.16. The first-order valence-corrected chi connectivity index (χ1v) is 8.16. The maximum absolute atomic E-state index is 8.80. The zero-order valence-corrected chi connectivity index (χ0v) is 14.7. The molecule has 0 bridgehead atoms. The van der Waals surface area contributed by atoms with Crippen LogP contribution in [-0.2, 0) is 0 Å². The van der Waals surface area contributed by atoms with Gasteiger partial charge in [-0.2, -0.15) is 0 Å². The van der Waals surface area contributed by atoms with Crippen molar-refractivity contribution in [2.24, 2.45) is 0 Å². The number of hydrogen-bond donors (Lipinski definition) is 1. The molecule has 0 spiro atoms. The van der Waals surface area contributed by atoms with Crippen molar-refractivity contribution in [1.82, 2.24) is 0 Å². The van der Waals surface area contributed by atoms with Crippen molar-refractivity contribution in [3.8, 4) is 0 Å². The summed E-state index contributed by atoms with van der Waals surface area (Å²) in [5, 5.41) is 8.80. The predicted octanol–water partition coefficient (Wildman–Crippen LogP) is 6.12. The lowest BCUT2D eigenvalue weighted by molar-refractivity contribution is 0.341. The van der Waals surface area contributed by atoms with Crippen molar-refractivity contribution >= 4 is 0 Å². The first kappa shape index (κ1) is 19.9. The molecule has 0 rings (SSSR count). The average molecular weight is 290 g/mol. The van der Waals surface area contributed by atoms with Crippen LogP contribution in [0.5, 0.6) is 0 Å². The monoisotopic (exact) mass is 290 g/mol. The van der Waals surface area contributed by atoms with E-state index in [4.69, 9.17) is 5.11 Å². The van der Waals surface area contributed by atoms with E-state index in [1.807, 2.05) is 6.08 Å². The quantitative estimate of drug-likeness (QED) is 0.480. The minimum atomic E-state index is 0.158. The van der Waals surface area contributed by atoms with E-state index in [9.17, 15) is 0 Å². The molecule has 0 aliphatic rings. The van der Waals surface area contributed by atoms with Gasteiger partial charge in [0.2, 0.25) is 0 Å². The molecule has 0 aromatic carbocycles. The molecule has 0 aromatic rings. The maximum atomic E-state index is 8.80. The number of aliphatic hydroxyl groups is 1. The van der Waals surface area contributed by atoms with Gasteiger partial charge >= 0.3 is 0 Å². The van der Waals surface area contributed by atoms with Crippen LogP contribution in [0.25, 0.3) is 0 Å². The van der Waals surface area contributed by atoms with E-state index in [2.05, 4.69) is 52.8 Å². The zero-order valence-electron chi connectivity index (χ0n) is 14.7. The zero-order chi connectivity index (χ0) is 16.1. The van der Waals surface area contributed by atoms with E-state index in [0.717, 1.165) is 32.1 Å². The fraction of sp³-hybridized carbons (Fsp3) is 0.600. The van der Waals surface area contributed by atoms with Gasteiger partial charge in [0.1, 0.15) is 0 Å². The third kappa shape index (κ3) is 13.7. The fourth-order valence-electron chi connectivity index (χ4n) is 2.14. The van der Waals surface area contributed by atoms with E-state index in [-0.39, 0.29) is 6.61 Å². The van der Waals surface area contributed by atoms with E-state index in [1.165, 1.54) is 28.7 Å². The number of aliphatic hydroxyl groups excluding tert-OH is 1. The standard InChI is InChI=1S/C20H34O/c1-17(2)9-6-10-18(3)11-7-12-19(4)13-8-14-20(5)15-16-21/h9,11,13,15,21H,6-8,10,12,14,16H2,1-5H3/b18-11-,19-13+,20-15-. The maximum Gasteiger partial charge on any atom is 0.0614 e. The van der Waals surface area contributed by atoms with Gasteiger partial charge in [0.15, 0.2) is 0 Å². The lowest BCUT2D eigenvalue weighted by Crippen LogP contribution is -1.83. The van der Waals surface area contributed by atoms with Crippen LogP contribution in [0.15, 0.2) is 46.6 Å². The van der Waals surface area contributed by atoms with E-state index >= 15 is 0 Å². The summed E-state index contributed by atoms with van der Waals surface area (Å²) in [6, 6.07) is 0. The van der Waals surface area contributed by atoms with Gasteiger partial charge in [0.05, 0.1) is 6.61 Å². The highest BCUT2D eigenvalue weighted by Crippen LogP contribution is 2.13. The van der Waals surface area contributed by atoms with Crippen molar-refractivity contribution in [2.45, 2.75) is 73.1 Å². The molecular formula is C20H34O. The molecule has 0 aliphatic heterocycles. The van der Waals surface area contributed by atoms with Crippen LogP contribution in [0.2, 0.25) is 0 Å². The van der Waals surface area contributed by atoms with Crippen molar-refractivity contribution in [2.75, 3.05) is 6.61 Å². The lowest BCUT2D eigenvalue weighted by Gasteiger charge is -2.02. The largest absolute Gasteiger partial charge is 0.392 e. The molecule has 0 heterocycles. The second-order valence-corrected chi connectivity index (χ2v) is 6.23. The summed E-state index contributed by atoms with van der Waals surface area (Å²) in [6.45, 7) is 11.0. The molecule has 1 nitrogen and oxygen atoms in total. The number of allylic oxidation sites excluding steroid dienone is 7. The van der Waals surface area contributed by atoms with Gasteiger partial charge in [0, 0.05) is 0 Å². The molecule has 0 radical (unpaired) electrons. The molecule has 0 saturated heterocycles. The molecule has 0 saturated carbocycles. The van der Waals surface area contributed by atoms with Crippen LogP contribution in [0.4, 0.5) is 0 Å². The Kier molecular flexibility index (Phi) is 12.0. The molecule has 0 amide bonds. The minimum absolute atomic E-state index is 0.158. The third-order valence-electron chi connectivity index (χ3n) is 3.59. The summed E-state index contributed by atoms with van der Waals surface area (Å²) >= 11 is 0. The van der Waals surface area contributed by atoms with Crippen LogP contribution in [0.3, 0.4) is 0 Å². The summed E-state index contributed by atoms with van der Waals surface area (Å²) < 4.78 is 0. The number of rotatable bonds is 10. The van der Waals surface area contributed by atoms with Crippen molar-refractivity contribution in [1.29, 1.82) is 0 Å². The van der Waals surface area contributed by atoms with Gasteiger partial charge in [-0.25, -0.2) is 0 Å². The second kappa shape index (κ2) is 12.6. The fourth-order valence-corrected chi connectivity index (χ4v) is 2.14. The molecular weight excluding hydrogens is 256 g/mol. The topological polar surface area (TPSA) is 20.2 Å². The van der Waals surface area contributed by atoms with E-state index in [1.54, 1.807) is 0 Å². The Bertz CT molecular complexity index is 390. The van der Waals surface area contributed by atoms with Crippen LogP contribution in [0, 0.1) is 0 Å². The normalized spacial score (nSPS) is 13.5. The molecule has 21 heavy (non-hydrogen) atoms. The van der Waals surface area contributed by atoms with Gasteiger partial charge in [-0.05, 0) is 73.1 Å². The van der Waals surface area contributed by atoms with Crippen LogP contribution in [0.1, 0.15) is 73.1 Å². The summed E-state index contributed by atoms with van der Waals surface area (Å²) in [5.41, 5.74) is 5.66. The SMILES string of the molecule is CC(C)=CCC/C(C)=C\CC/C(C)=C/CC/C(C)=C\CO. The molecule has 0 aliphatic carbocycles. The summed E-state index contributed by atoms with van der Waals surface area (Å²) in [5.74, 6) is 0. The molecule has 0 fully saturated rings. The molecule has 0 unspecified atom stereocenters. The van der Waals surface area contributed by atoms with Gasteiger partial charge in [-0.1, -0.05) is 46.6 Å². The van der Waals surface area contributed by atoms with Gasteiger partial charge in [-0.15, -0.1) is 0 Å². The van der Waals surface area contributed by atoms with Crippen molar-refractivity contribution in [3.63, 3.8) is 0 Å². The summed E-state index contributed by atoms with van der Waals surface area (Å²) in [6.07, 6.45) is 15.7. The lowest BCUT2D eigenvalue weighted by atomic mass is 10.0. The Labute approximate surface area is 132 Å². The molecule has 1 heteroatoms. The van der Waals surface area contributed by atoms with Crippen LogP contribution < -0.4 is 0 Å². The molecule has 1 N–H and O–H groups in total. The average Bonchev–Trinajstić information content (AvgIpc) is 2.38. The first-order chi connectivity index (χ1) is 9.95. The smallest absolute Gasteiger partial charge is 0.0614 e. The van der Waals surface area contributed by atoms with E-state index < -0.39 is 0 Å². The Hall–Kier alpha value is -1.08. The Morgan fingerprint density at radius 3 is 1.38 bits per heavy atom. The van der Waals surface area contributed by atoms with Crippen LogP contribution in [-0.4, -0.2) is 11.7 Å². The van der Waals surface area contributed by atoms with Crippen molar-refractivity contribution < 1.29 is 5.11 Å². The third-order valence-corrected chi connectivity index (χ3v) is 3.59. The Morgan fingerprint density at radius 2 is 1.00 bits per heavy atom. The van der Waals surface area contributed by atoms with Crippen molar-refractivity contribution in [3.05, 3.63) is 46.6 Å². The highest BCUT2D eigenvalue weighted by atomic mass is 16.2. The second-order valence-electron chi connectivity index (χ2n) is 6.23. The van der Waals surface area contributed by atoms with Crippen LogP contribution >= 0.6 is 0 Å². The highest BCUT2D eigenvalue weighted by molar-refractivity contribution is 5.07. The number of hydrogen-bond acceptors (Lipinski definition) is 1. The Balaban J connectivity index is 3.93.